The molecule has 2 aromatic rings. The van der Waals surface area contributed by atoms with Gasteiger partial charge in [0.1, 0.15) is 5.75 Å². The molecule has 0 fully saturated rings. The molecular formula is C17H17BrClNO2. The predicted molar refractivity (Wildman–Crippen MR) is 92.4 cm³/mol. The fourth-order valence-electron chi connectivity index (χ4n) is 1.94. The third-order valence-corrected chi connectivity index (χ3v) is 4.47. The summed E-state index contributed by atoms with van der Waals surface area (Å²) in [6, 6.07) is 11.3. The Labute approximate surface area is 143 Å². The van der Waals surface area contributed by atoms with Crippen molar-refractivity contribution in [3.05, 3.63) is 62.6 Å². The zero-order valence-corrected chi connectivity index (χ0v) is 14.8. The maximum atomic E-state index is 11.9. The monoisotopic (exact) mass is 381 g/mol. The quantitative estimate of drug-likeness (QED) is 0.831. The van der Waals surface area contributed by atoms with Gasteiger partial charge in [0.05, 0.1) is 0 Å². The molecule has 0 heterocycles. The van der Waals surface area contributed by atoms with Crippen LogP contribution >= 0.6 is 27.5 Å². The highest BCUT2D eigenvalue weighted by atomic mass is 79.9. The van der Waals surface area contributed by atoms with Crippen molar-refractivity contribution >= 4 is 33.4 Å². The van der Waals surface area contributed by atoms with Crippen molar-refractivity contribution in [3.8, 4) is 5.75 Å². The number of ether oxygens (including phenoxy) is 1. The third-order valence-electron chi connectivity index (χ3n) is 3.25. The van der Waals surface area contributed by atoms with E-state index >= 15 is 0 Å². The lowest BCUT2D eigenvalue weighted by Crippen LogP contribution is -2.28. The smallest absolute Gasteiger partial charge is 0.258 e. The molecule has 0 aliphatic carbocycles. The largest absolute Gasteiger partial charge is 0.483 e. The van der Waals surface area contributed by atoms with Gasteiger partial charge in [0.15, 0.2) is 6.61 Å². The third kappa shape index (κ3) is 4.49. The molecule has 22 heavy (non-hydrogen) atoms. The van der Waals surface area contributed by atoms with Crippen LogP contribution in [0.4, 0.5) is 0 Å². The number of carbonyl (C=O) groups excluding carboxylic acids is 1. The second-order valence-electron chi connectivity index (χ2n) is 5.02. The average molecular weight is 383 g/mol. The summed E-state index contributed by atoms with van der Waals surface area (Å²) in [7, 11) is 0. The first-order valence-electron chi connectivity index (χ1n) is 6.87. The molecule has 0 aliphatic rings. The number of carbonyl (C=O) groups is 1. The first-order valence-corrected chi connectivity index (χ1v) is 8.04. The molecule has 0 radical (unpaired) electrons. The maximum absolute atomic E-state index is 11.9. The van der Waals surface area contributed by atoms with Gasteiger partial charge in [0.2, 0.25) is 0 Å². The van der Waals surface area contributed by atoms with E-state index in [2.05, 4.69) is 21.2 Å². The number of rotatable bonds is 5. The molecule has 0 aliphatic heterocycles. The van der Waals surface area contributed by atoms with Gasteiger partial charge >= 0.3 is 0 Å². The Hall–Kier alpha value is -1.52. The maximum Gasteiger partial charge on any atom is 0.258 e. The normalized spacial score (nSPS) is 10.4. The Kier molecular flexibility index (Phi) is 5.86. The summed E-state index contributed by atoms with van der Waals surface area (Å²) in [4.78, 5) is 11.9. The van der Waals surface area contributed by atoms with E-state index in [0.717, 1.165) is 21.2 Å². The van der Waals surface area contributed by atoms with Crippen molar-refractivity contribution in [2.45, 2.75) is 20.4 Å². The van der Waals surface area contributed by atoms with Gasteiger partial charge in [-0.25, -0.2) is 0 Å². The summed E-state index contributed by atoms with van der Waals surface area (Å²) in [5, 5.41) is 3.44. The highest BCUT2D eigenvalue weighted by Gasteiger charge is 2.08. The van der Waals surface area contributed by atoms with Crippen LogP contribution in [0.1, 0.15) is 16.7 Å². The average Bonchev–Trinajstić information content (AvgIpc) is 2.49. The number of aryl methyl sites for hydroxylation is 2. The first-order chi connectivity index (χ1) is 10.5. The molecule has 3 nitrogen and oxygen atoms in total. The number of hydrogen-bond donors (Lipinski definition) is 1. The summed E-state index contributed by atoms with van der Waals surface area (Å²) in [6.07, 6.45) is 0. The lowest BCUT2D eigenvalue weighted by Gasteiger charge is -2.12. The van der Waals surface area contributed by atoms with E-state index in [9.17, 15) is 4.79 Å². The van der Waals surface area contributed by atoms with Crippen LogP contribution in [0.3, 0.4) is 0 Å². The Morgan fingerprint density at radius 3 is 2.68 bits per heavy atom. The Bertz CT molecular complexity index is 688. The summed E-state index contributed by atoms with van der Waals surface area (Å²) in [6.45, 7) is 4.29. The van der Waals surface area contributed by atoms with E-state index in [1.54, 1.807) is 6.07 Å². The van der Waals surface area contributed by atoms with Crippen LogP contribution in [-0.4, -0.2) is 12.5 Å². The van der Waals surface area contributed by atoms with Crippen molar-refractivity contribution in [3.63, 3.8) is 0 Å². The van der Waals surface area contributed by atoms with Crippen LogP contribution in [0.15, 0.2) is 40.9 Å². The van der Waals surface area contributed by atoms with E-state index in [1.165, 1.54) is 0 Å². The fraction of sp³-hybridized carbons (Fsp3) is 0.235. The molecular weight excluding hydrogens is 366 g/mol. The van der Waals surface area contributed by atoms with E-state index in [-0.39, 0.29) is 12.5 Å². The molecule has 1 amide bonds. The van der Waals surface area contributed by atoms with Crippen molar-refractivity contribution < 1.29 is 9.53 Å². The van der Waals surface area contributed by atoms with Crippen molar-refractivity contribution in [1.82, 2.24) is 5.32 Å². The molecule has 0 aromatic heterocycles. The van der Waals surface area contributed by atoms with E-state index in [1.807, 2.05) is 44.2 Å². The lowest BCUT2D eigenvalue weighted by atomic mass is 10.1. The summed E-state index contributed by atoms with van der Waals surface area (Å²) in [5.41, 5.74) is 2.93. The number of benzene rings is 2. The van der Waals surface area contributed by atoms with Crippen molar-refractivity contribution in [1.29, 1.82) is 0 Å². The summed E-state index contributed by atoms with van der Waals surface area (Å²) in [5.74, 6) is 0.536. The molecule has 0 saturated heterocycles. The Morgan fingerprint density at radius 2 is 1.95 bits per heavy atom. The predicted octanol–water partition coefficient (Wildman–Crippen LogP) is 4.41. The van der Waals surface area contributed by atoms with Crippen LogP contribution in [0.5, 0.6) is 5.75 Å². The molecule has 0 bridgehead atoms. The van der Waals surface area contributed by atoms with Crippen LogP contribution in [-0.2, 0) is 11.3 Å². The first kappa shape index (κ1) is 16.8. The summed E-state index contributed by atoms with van der Waals surface area (Å²) < 4.78 is 6.62. The topological polar surface area (TPSA) is 38.3 Å². The SMILES string of the molecule is Cc1cc(OCC(=O)NCc2ccccc2Cl)c(C)cc1Br. The van der Waals surface area contributed by atoms with Crippen LogP contribution in [0.2, 0.25) is 5.02 Å². The molecule has 0 saturated carbocycles. The zero-order valence-electron chi connectivity index (χ0n) is 12.5. The molecule has 0 unspecified atom stereocenters. The standard InChI is InChI=1S/C17H17BrClNO2/c1-11-8-16(12(2)7-14(11)18)22-10-17(21)20-9-13-5-3-4-6-15(13)19/h3-8H,9-10H2,1-2H3,(H,20,21). The molecule has 0 atom stereocenters. The minimum atomic E-state index is -0.181. The van der Waals surface area contributed by atoms with Gasteiger partial charge < -0.3 is 10.1 Å². The second kappa shape index (κ2) is 7.65. The minimum Gasteiger partial charge on any atom is -0.483 e. The van der Waals surface area contributed by atoms with Gasteiger partial charge in [-0.3, -0.25) is 4.79 Å². The zero-order chi connectivity index (χ0) is 16.1. The minimum absolute atomic E-state index is 0.0215. The summed E-state index contributed by atoms with van der Waals surface area (Å²) >= 11 is 9.52. The van der Waals surface area contributed by atoms with Crippen molar-refractivity contribution in [2.24, 2.45) is 0 Å². The van der Waals surface area contributed by atoms with E-state index in [0.29, 0.717) is 17.3 Å². The lowest BCUT2D eigenvalue weighted by molar-refractivity contribution is -0.123. The van der Waals surface area contributed by atoms with Gasteiger partial charge in [-0.15, -0.1) is 0 Å². The van der Waals surface area contributed by atoms with E-state index in [4.69, 9.17) is 16.3 Å². The van der Waals surface area contributed by atoms with Crippen LogP contribution < -0.4 is 10.1 Å². The number of nitrogens with one attached hydrogen (secondary N) is 1. The fourth-order valence-corrected chi connectivity index (χ4v) is 2.60. The molecule has 2 aromatic carbocycles. The Morgan fingerprint density at radius 1 is 1.23 bits per heavy atom. The second-order valence-corrected chi connectivity index (χ2v) is 6.29. The highest BCUT2D eigenvalue weighted by molar-refractivity contribution is 9.10. The van der Waals surface area contributed by atoms with E-state index < -0.39 is 0 Å². The van der Waals surface area contributed by atoms with Gasteiger partial charge in [0.25, 0.3) is 5.91 Å². The van der Waals surface area contributed by atoms with Gasteiger partial charge in [0, 0.05) is 16.0 Å². The van der Waals surface area contributed by atoms with Gasteiger partial charge in [-0.1, -0.05) is 45.7 Å². The van der Waals surface area contributed by atoms with Crippen LogP contribution in [0.25, 0.3) is 0 Å². The van der Waals surface area contributed by atoms with Gasteiger partial charge in [-0.05, 0) is 48.7 Å². The molecule has 1 N–H and O–H groups in total. The molecule has 5 heteroatoms. The van der Waals surface area contributed by atoms with Crippen LogP contribution in [0, 0.1) is 13.8 Å². The highest BCUT2D eigenvalue weighted by Crippen LogP contribution is 2.26. The molecule has 116 valence electrons. The Balaban J connectivity index is 1.88. The van der Waals surface area contributed by atoms with Gasteiger partial charge in [-0.2, -0.15) is 0 Å². The molecule has 0 spiro atoms. The van der Waals surface area contributed by atoms with Crippen molar-refractivity contribution in [2.75, 3.05) is 6.61 Å². The number of hydrogen-bond acceptors (Lipinski definition) is 2. The molecule has 2 rings (SSSR count). The number of halogens is 2. The number of amides is 1.